The number of likely N-dealkylation sites (N-methyl/N-ethyl adjacent to an activating group) is 1. The van der Waals surface area contributed by atoms with E-state index in [0.717, 1.165) is 12.8 Å². The van der Waals surface area contributed by atoms with Gasteiger partial charge in [0.1, 0.15) is 6.04 Å². The number of carbonyl (C=O) groups is 3. The molecule has 1 N–H and O–H groups in total. The van der Waals surface area contributed by atoms with E-state index in [1.807, 2.05) is 0 Å². The Hall–Kier alpha value is -1.63. The van der Waals surface area contributed by atoms with Gasteiger partial charge in [0.25, 0.3) is 5.91 Å². The highest BCUT2D eigenvalue weighted by Gasteiger charge is 2.41. The van der Waals surface area contributed by atoms with Gasteiger partial charge >= 0.3 is 0 Å². The van der Waals surface area contributed by atoms with Gasteiger partial charge in [-0.15, -0.1) is 0 Å². The van der Waals surface area contributed by atoms with Crippen LogP contribution in [0.25, 0.3) is 0 Å². The van der Waals surface area contributed by atoms with Gasteiger partial charge in [0.2, 0.25) is 11.8 Å². The molecule has 2 saturated heterocycles. The molecule has 7 heteroatoms. The topological polar surface area (TPSA) is 73.0 Å². The lowest BCUT2D eigenvalue weighted by atomic mass is 10.1. The molecule has 0 spiro atoms. The quantitative estimate of drug-likeness (QED) is 0.683. The van der Waals surface area contributed by atoms with Crippen molar-refractivity contribution in [2.75, 3.05) is 26.7 Å². The van der Waals surface area contributed by atoms with Crippen molar-refractivity contribution in [1.29, 1.82) is 0 Å². The number of hydrogen-bond donors (Lipinski definition) is 1. The summed E-state index contributed by atoms with van der Waals surface area (Å²) in [5.74, 6) is -0.301. The predicted octanol–water partition coefficient (Wildman–Crippen LogP) is -0.809. The van der Waals surface area contributed by atoms with Gasteiger partial charge in [-0.1, -0.05) is 0 Å². The molecule has 2 rings (SSSR count). The van der Waals surface area contributed by atoms with Crippen molar-refractivity contribution in [2.24, 2.45) is 0 Å². The number of carbonyl (C=O) groups excluding carboxylic acids is 3. The Labute approximate surface area is 118 Å². The number of rotatable bonds is 1. The molecular weight excluding hydrogens is 260 g/mol. The van der Waals surface area contributed by atoms with E-state index in [-0.39, 0.29) is 23.8 Å². The summed E-state index contributed by atoms with van der Waals surface area (Å²) in [5.41, 5.74) is 0. The van der Waals surface area contributed by atoms with Gasteiger partial charge in [-0.05, 0) is 19.9 Å². The molecule has 0 aromatic rings. The van der Waals surface area contributed by atoms with E-state index in [1.54, 1.807) is 17.0 Å². The third kappa shape index (κ3) is 2.63. The molecule has 2 heterocycles. The zero-order valence-electron chi connectivity index (χ0n) is 12.3. The smallest absolute Gasteiger partial charge is 0.260 e. The summed E-state index contributed by atoms with van der Waals surface area (Å²) >= 11 is 0. The molecule has 20 heavy (non-hydrogen) atoms. The van der Waals surface area contributed by atoms with Gasteiger partial charge in [-0.25, -0.2) is 5.01 Å². The zero-order valence-corrected chi connectivity index (χ0v) is 12.3. The van der Waals surface area contributed by atoms with Crippen LogP contribution in [0, 0.1) is 0 Å². The molecule has 112 valence electrons. The Morgan fingerprint density at radius 1 is 1.20 bits per heavy atom. The number of hydrazine groups is 1. The van der Waals surface area contributed by atoms with Crippen LogP contribution in [-0.4, -0.2) is 71.4 Å². The molecule has 2 unspecified atom stereocenters. The third-order valence-corrected chi connectivity index (χ3v) is 4.03. The first-order valence-corrected chi connectivity index (χ1v) is 6.99. The molecule has 0 bridgehead atoms. The monoisotopic (exact) mass is 282 g/mol. The average molecular weight is 282 g/mol. The fraction of sp³-hybridized carbons (Fsp3) is 0.769. The maximum absolute atomic E-state index is 12.6. The molecule has 0 aromatic carbocycles. The normalized spacial score (nSPS) is 27.1. The van der Waals surface area contributed by atoms with E-state index in [9.17, 15) is 14.4 Å². The Balaban J connectivity index is 2.32. The van der Waals surface area contributed by atoms with Gasteiger partial charge < -0.3 is 10.2 Å². The van der Waals surface area contributed by atoms with Gasteiger partial charge in [0, 0.05) is 33.5 Å². The lowest BCUT2D eigenvalue weighted by Crippen LogP contribution is -2.61. The van der Waals surface area contributed by atoms with Crippen LogP contribution in [0.2, 0.25) is 0 Å². The number of nitrogens with one attached hydrogen (secondary N) is 1. The van der Waals surface area contributed by atoms with E-state index in [2.05, 4.69) is 5.32 Å². The van der Waals surface area contributed by atoms with Gasteiger partial charge in [-0.3, -0.25) is 19.4 Å². The summed E-state index contributed by atoms with van der Waals surface area (Å²) in [5, 5.41) is 6.03. The molecular formula is C13H22N4O3. The zero-order chi connectivity index (χ0) is 14.9. The molecule has 2 atom stereocenters. The number of amides is 3. The minimum Gasteiger partial charge on any atom is -0.339 e. The second-order valence-electron chi connectivity index (χ2n) is 5.39. The van der Waals surface area contributed by atoms with E-state index < -0.39 is 6.04 Å². The first-order valence-electron chi connectivity index (χ1n) is 6.99. The second-order valence-corrected chi connectivity index (χ2v) is 5.39. The van der Waals surface area contributed by atoms with Gasteiger partial charge in [0.15, 0.2) is 0 Å². The standard InChI is InChI=1S/C13H22N4O3/c1-9(18)15-7-11-5-4-6-16(10(2)19)17(11)13(20)12(8-15)14-3/h11-12,14H,4-8H2,1-3H3. The highest BCUT2D eigenvalue weighted by atomic mass is 16.2. The second kappa shape index (κ2) is 5.78. The van der Waals surface area contributed by atoms with Crippen LogP contribution >= 0.6 is 0 Å². The Morgan fingerprint density at radius 3 is 2.45 bits per heavy atom. The predicted molar refractivity (Wildman–Crippen MR) is 72.4 cm³/mol. The third-order valence-electron chi connectivity index (χ3n) is 4.03. The summed E-state index contributed by atoms with van der Waals surface area (Å²) in [6.07, 6.45) is 1.67. The molecule has 2 fully saturated rings. The van der Waals surface area contributed by atoms with Crippen molar-refractivity contribution >= 4 is 17.7 Å². The van der Waals surface area contributed by atoms with E-state index >= 15 is 0 Å². The molecule has 3 amide bonds. The molecule has 2 aliphatic rings. The molecule has 0 aliphatic carbocycles. The lowest BCUT2D eigenvalue weighted by molar-refractivity contribution is -0.173. The van der Waals surface area contributed by atoms with E-state index in [0.29, 0.717) is 19.6 Å². The van der Waals surface area contributed by atoms with Crippen LogP contribution in [0.1, 0.15) is 26.7 Å². The first-order chi connectivity index (χ1) is 9.45. The van der Waals surface area contributed by atoms with Crippen LogP contribution in [-0.2, 0) is 14.4 Å². The Kier molecular flexibility index (Phi) is 4.27. The summed E-state index contributed by atoms with van der Waals surface area (Å²) in [7, 11) is 1.70. The molecule has 0 aromatic heterocycles. The lowest BCUT2D eigenvalue weighted by Gasteiger charge is -2.43. The maximum Gasteiger partial charge on any atom is 0.260 e. The number of hydrogen-bond acceptors (Lipinski definition) is 4. The maximum atomic E-state index is 12.6. The fourth-order valence-corrected chi connectivity index (χ4v) is 2.94. The van der Waals surface area contributed by atoms with Crippen molar-refractivity contribution in [3.8, 4) is 0 Å². The fourth-order valence-electron chi connectivity index (χ4n) is 2.94. The number of nitrogens with zero attached hydrogens (tertiary/aromatic N) is 3. The minimum absolute atomic E-state index is 0.0418. The van der Waals surface area contributed by atoms with Crippen LogP contribution in [0.15, 0.2) is 0 Å². The van der Waals surface area contributed by atoms with E-state index in [4.69, 9.17) is 0 Å². The van der Waals surface area contributed by atoms with Crippen molar-refractivity contribution in [3.05, 3.63) is 0 Å². The molecule has 0 radical (unpaired) electrons. The summed E-state index contributed by atoms with van der Waals surface area (Å²) in [4.78, 5) is 37.8. The molecule has 7 nitrogen and oxygen atoms in total. The van der Waals surface area contributed by atoms with Crippen molar-refractivity contribution in [1.82, 2.24) is 20.2 Å². The summed E-state index contributed by atoms with van der Waals surface area (Å²) < 4.78 is 0. The van der Waals surface area contributed by atoms with Crippen LogP contribution in [0.3, 0.4) is 0 Å². The van der Waals surface area contributed by atoms with Crippen molar-refractivity contribution < 1.29 is 14.4 Å². The van der Waals surface area contributed by atoms with Crippen molar-refractivity contribution in [2.45, 2.75) is 38.8 Å². The molecule has 2 aliphatic heterocycles. The SMILES string of the molecule is CNC1CN(C(C)=O)CC2CCCN(C(C)=O)N2C1=O. The Morgan fingerprint density at radius 2 is 1.90 bits per heavy atom. The molecule has 0 saturated carbocycles. The van der Waals surface area contributed by atoms with Gasteiger partial charge in [-0.2, -0.15) is 0 Å². The Bertz CT molecular complexity index is 426. The van der Waals surface area contributed by atoms with Gasteiger partial charge in [0.05, 0.1) is 6.04 Å². The van der Waals surface area contributed by atoms with Crippen LogP contribution in [0.4, 0.5) is 0 Å². The highest BCUT2D eigenvalue weighted by Crippen LogP contribution is 2.23. The van der Waals surface area contributed by atoms with E-state index in [1.165, 1.54) is 18.9 Å². The summed E-state index contributed by atoms with van der Waals surface area (Å²) in [6.45, 7) is 4.39. The minimum atomic E-state index is -0.469. The van der Waals surface area contributed by atoms with Crippen molar-refractivity contribution in [3.63, 3.8) is 0 Å². The first kappa shape index (κ1) is 14.8. The van der Waals surface area contributed by atoms with Crippen LogP contribution in [0.5, 0.6) is 0 Å². The number of fused-ring (bicyclic) bond motifs is 1. The van der Waals surface area contributed by atoms with Crippen LogP contribution < -0.4 is 5.32 Å². The average Bonchev–Trinajstić information content (AvgIpc) is 2.55. The largest absolute Gasteiger partial charge is 0.339 e. The highest BCUT2D eigenvalue weighted by molar-refractivity contribution is 5.86. The summed E-state index contributed by atoms with van der Waals surface area (Å²) in [6, 6.07) is -0.578.